The second-order valence-corrected chi connectivity index (χ2v) is 4.56. The Kier molecular flexibility index (Phi) is 5.01. The Morgan fingerprint density at radius 1 is 1.32 bits per heavy atom. The van der Waals surface area contributed by atoms with Gasteiger partial charge >= 0.3 is 0 Å². The largest absolute Gasteiger partial charge is 0.357 e. The molecule has 104 valence electrons. The number of pyridine rings is 1. The van der Waals surface area contributed by atoms with E-state index in [0.29, 0.717) is 0 Å². The average Bonchev–Trinajstić information content (AvgIpc) is 2.49. The molecule has 2 rings (SSSR count). The van der Waals surface area contributed by atoms with E-state index in [1.165, 1.54) is 5.56 Å². The van der Waals surface area contributed by atoms with Crippen molar-refractivity contribution < 1.29 is 0 Å². The van der Waals surface area contributed by atoms with Crippen LogP contribution >= 0.6 is 0 Å². The minimum absolute atomic E-state index is 0.761. The standard InChI is InChI=1S/C14H23N5/c1-3-19(4-2)13-7-6-12(10-17-13)11-18-14-15-8-5-9-16-14/h6-7,10H,3-5,8-9,11H2,1-2H3,(H2,15,16,18). The minimum Gasteiger partial charge on any atom is -0.357 e. The zero-order valence-electron chi connectivity index (χ0n) is 11.8. The highest BCUT2D eigenvalue weighted by molar-refractivity contribution is 5.80. The molecule has 0 aliphatic carbocycles. The summed E-state index contributed by atoms with van der Waals surface area (Å²) in [4.78, 5) is 11.1. The first-order chi connectivity index (χ1) is 9.33. The van der Waals surface area contributed by atoms with E-state index in [2.05, 4.69) is 51.5 Å². The van der Waals surface area contributed by atoms with Gasteiger partial charge in [0.05, 0.1) is 0 Å². The van der Waals surface area contributed by atoms with Crippen molar-refractivity contribution in [2.75, 3.05) is 31.1 Å². The van der Waals surface area contributed by atoms with Gasteiger partial charge in [-0.15, -0.1) is 0 Å². The van der Waals surface area contributed by atoms with Crippen molar-refractivity contribution in [3.8, 4) is 0 Å². The number of nitrogens with zero attached hydrogens (tertiary/aromatic N) is 3. The summed E-state index contributed by atoms with van der Waals surface area (Å²) in [5.41, 5.74) is 1.17. The Balaban J connectivity index is 1.89. The van der Waals surface area contributed by atoms with Crippen LogP contribution < -0.4 is 15.5 Å². The van der Waals surface area contributed by atoms with Gasteiger partial charge in [-0.1, -0.05) is 6.07 Å². The lowest BCUT2D eigenvalue weighted by atomic mass is 10.2. The maximum atomic E-state index is 4.51. The first kappa shape index (κ1) is 13.6. The van der Waals surface area contributed by atoms with Gasteiger partial charge in [-0.05, 0) is 31.9 Å². The lowest BCUT2D eigenvalue weighted by Gasteiger charge is -2.20. The van der Waals surface area contributed by atoms with Gasteiger partial charge in [0.1, 0.15) is 5.82 Å². The van der Waals surface area contributed by atoms with Gasteiger partial charge in [0.2, 0.25) is 0 Å². The normalized spacial score (nSPS) is 14.5. The second kappa shape index (κ2) is 6.97. The molecule has 19 heavy (non-hydrogen) atoms. The van der Waals surface area contributed by atoms with Gasteiger partial charge in [0.15, 0.2) is 5.96 Å². The molecule has 2 heterocycles. The van der Waals surface area contributed by atoms with E-state index in [9.17, 15) is 0 Å². The van der Waals surface area contributed by atoms with Gasteiger partial charge in [0, 0.05) is 38.9 Å². The number of guanidine groups is 1. The van der Waals surface area contributed by atoms with Crippen LogP contribution in [0.1, 0.15) is 25.8 Å². The van der Waals surface area contributed by atoms with Crippen LogP contribution in [0.3, 0.4) is 0 Å². The topological polar surface area (TPSA) is 52.5 Å². The first-order valence-corrected chi connectivity index (χ1v) is 7.05. The molecular formula is C14H23N5. The van der Waals surface area contributed by atoms with Crippen molar-refractivity contribution in [1.82, 2.24) is 15.6 Å². The summed E-state index contributed by atoms with van der Waals surface area (Å²) in [6, 6.07) is 4.21. The van der Waals surface area contributed by atoms with Crippen LogP contribution in [-0.2, 0) is 6.54 Å². The molecule has 1 aliphatic rings. The minimum atomic E-state index is 0.761. The molecule has 5 heteroatoms. The highest BCUT2D eigenvalue weighted by atomic mass is 15.2. The van der Waals surface area contributed by atoms with Crippen molar-refractivity contribution in [2.45, 2.75) is 26.8 Å². The zero-order valence-corrected chi connectivity index (χ0v) is 11.8. The zero-order chi connectivity index (χ0) is 13.5. The SMILES string of the molecule is CCN(CC)c1ccc(CNC2=NCCCN2)cn1. The summed E-state index contributed by atoms with van der Waals surface area (Å²) in [6.45, 7) is 8.95. The molecule has 0 saturated heterocycles. The maximum Gasteiger partial charge on any atom is 0.191 e. The molecule has 0 aromatic carbocycles. The summed E-state index contributed by atoms with van der Waals surface area (Å²) < 4.78 is 0. The molecular weight excluding hydrogens is 238 g/mol. The lowest BCUT2D eigenvalue weighted by Crippen LogP contribution is -2.40. The Bertz CT molecular complexity index is 408. The summed E-state index contributed by atoms with van der Waals surface area (Å²) in [5.74, 6) is 1.95. The quantitative estimate of drug-likeness (QED) is 0.840. The number of rotatable bonds is 5. The fourth-order valence-corrected chi connectivity index (χ4v) is 2.09. The highest BCUT2D eigenvalue weighted by Gasteiger charge is 2.05. The number of nitrogens with one attached hydrogen (secondary N) is 2. The monoisotopic (exact) mass is 261 g/mol. The van der Waals surface area contributed by atoms with E-state index >= 15 is 0 Å². The molecule has 0 radical (unpaired) electrons. The van der Waals surface area contributed by atoms with Crippen LogP contribution in [-0.4, -0.2) is 37.1 Å². The van der Waals surface area contributed by atoms with E-state index in [4.69, 9.17) is 0 Å². The third kappa shape index (κ3) is 3.84. The van der Waals surface area contributed by atoms with Gasteiger partial charge in [-0.2, -0.15) is 0 Å². The van der Waals surface area contributed by atoms with Gasteiger partial charge in [0.25, 0.3) is 0 Å². The first-order valence-electron chi connectivity index (χ1n) is 7.05. The molecule has 0 atom stereocenters. The predicted molar refractivity (Wildman–Crippen MR) is 79.6 cm³/mol. The fourth-order valence-electron chi connectivity index (χ4n) is 2.09. The van der Waals surface area contributed by atoms with Crippen LogP contribution in [0, 0.1) is 0 Å². The fraction of sp³-hybridized carbons (Fsp3) is 0.571. The van der Waals surface area contributed by atoms with E-state index < -0.39 is 0 Å². The molecule has 1 aromatic heterocycles. The Morgan fingerprint density at radius 2 is 2.16 bits per heavy atom. The Morgan fingerprint density at radius 3 is 2.74 bits per heavy atom. The van der Waals surface area contributed by atoms with Crippen molar-refractivity contribution in [3.63, 3.8) is 0 Å². The van der Waals surface area contributed by atoms with Gasteiger partial charge < -0.3 is 15.5 Å². The molecule has 5 nitrogen and oxygen atoms in total. The van der Waals surface area contributed by atoms with E-state index in [0.717, 1.165) is 50.9 Å². The predicted octanol–water partition coefficient (Wildman–Crippen LogP) is 1.37. The summed E-state index contributed by atoms with van der Waals surface area (Å²) in [6.07, 6.45) is 3.05. The molecule has 1 aliphatic heterocycles. The molecule has 0 bridgehead atoms. The van der Waals surface area contributed by atoms with Crippen LogP contribution in [0.5, 0.6) is 0 Å². The third-order valence-electron chi connectivity index (χ3n) is 3.25. The molecule has 2 N–H and O–H groups in total. The second-order valence-electron chi connectivity index (χ2n) is 4.56. The summed E-state index contributed by atoms with van der Waals surface area (Å²) >= 11 is 0. The van der Waals surface area contributed by atoms with E-state index in [-0.39, 0.29) is 0 Å². The Hall–Kier alpha value is -1.78. The van der Waals surface area contributed by atoms with Crippen LogP contribution in [0.15, 0.2) is 23.3 Å². The third-order valence-corrected chi connectivity index (χ3v) is 3.25. The number of hydrogen-bond donors (Lipinski definition) is 2. The molecule has 0 unspecified atom stereocenters. The average molecular weight is 261 g/mol. The number of hydrogen-bond acceptors (Lipinski definition) is 5. The summed E-state index contributed by atoms with van der Waals surface area (Å²) in [7, 11) is 0. The van der Waals surface area contributed by atoms with Gasteiger partial charge in [-0.25, -0.2) is 4.98 Å². The number of aliphatic imine (C=N–C) groups is 1. The van der Waals surface area contributed by atoms with Crippen LogP contribution in [0.4, 0.5) is 5.82 Å². The summed E-state index contributed by atoms with van der Waals surface area (Å²) in [5, 5.41) is 6.55. The molecule has 0 saturated carbocycles. The smallest absolute Gasteiger partial charge is 0.191 e. The molecule has 0 spiro atoms. The van der Waals surface area contributed by atoms with Crippen molar-refractivity contribution in [2.24, 2.45) is 4.99 Å². The molecule has 0 fully saturated rings. The van der Waals surface area contributed by atoms with Crippen LogP contribution in [0.2, 0.25) is 0 Å². The van der Waals surface area contributed by atoms with E-state index in [1.807, 2.05) is 6.20 Å². The Labute approximate surface area is 115 Å². The van der Waals surface area contributed by atoms with Gasteiger partial charge in [-0.3, -0.25) is 4.99 Å². The molecule has 0 amide bonds. The number of aromatic nitrogens is 1. The number of anilines is 1. The van der Waals surface area contributed by atoms with Crippen LogP contribution in [0.25, 0.3) is 0 Å². The maximum absolute atomic E-state index is 4.51. The van der Waals surface area contributed by atoms with E-state index in [1.54, 1.807) is 0 Å². The van der Waals surface area contributed by atoms with Crippen molar-refractivity contribution >= 4 is 11.8 Å². The lowest BCUT2D eigenvalue weighted by molar-refractivity contribution is 0.701. The van der Waals surface area contributed by atoms with Crippen molar-refractivity contribution in [3.05, 3.63) is 23.9 Å². The molecule has 1 aromatic rings. The highest BCUT2D eigenvalue weighted by Crippen LogP contribution is 2.10. The van der Waals surface area contributed by atoms with Crippen molar-refractivity contribution in [1.29, 1.82) is 0 Å².